The Morgan fingerprint density at radius 1 is 1.14 bits per heavy atom. The van der Waals surface area contributed by atoms with E-state index in [0.29, 0.717) is 0 Å². The molecule has 1 N–H and O–H groups in total. The number of hydrogen-bond donors (Lipinski definition) is 1. The third kappa shape index (κ3) is 4.06. The molecule has 0 radical (unpaired) electrons. The molecule has 1 aromatic heterocycles. The quantitative estimate of drug-likeness (QED) is 0.825. The van der Waals surface area contributed by atoms with Crippen LogP contribution in [-0.4, -0.2) is 56.1 Å². The molecule has 0 aliphatic carbocycles. The van der Waals surface area contributed by atoms with Gasteiger partial charge in [-0.1, -0.05) is 18.2 Å². The molecule has 1 saturated heterocycles. The van der Waals surface area contributed by atoms with Gasteiger partial charge >= 0.3 is 0 Å². The second-order valence-electron chi connectivity index (χ2n) is 5.93. The lowest BCUT2D eigenvalue weighted by atomic mass is 10.2. The van der Waals surface area contributed by atoms with E-state index in [1.165, 1.54) is 44.5 Å². The van der Waals surface area contributed by atoms with E-state index in [-0.39, 0.29) is 0 Å². The molecule has 1 aliphatic rings. The first kappa shape index (κ1) is 14.6. The Labute approximate surface area is 126 Å². The summed E-state index contributed by atoms with van der Waals surface area (Å²) in [5, 5.41) is 4.67. The number of piperazine rings is 1. The van der Waals surface area contributed by atoms with E-state index in [2.05, 4.69) is 34.3 Å². The predicted molar refractivity (Wildman–Crippen MR) is 86.5 cm³/mol. The van der Waals surface area contributed by atoms with E-state index in [1.807, 2.05) is 18.2 Å². The second kappa shape index (κ2) is 7.07. The molecule has 2 heterocycles. The van der Waals surface area contributed by atoms with Crippen molar-refractivity contribution in [2.24, 2.45) is 0 Å². The monoisotopic (exact) mass is 287 g/mol. The molecular formula is C17H25N3O. The molecule has 2 aromatic rings. The van der Waals surface area contributed by atoms with Crippen molar-refractivity contribution in [1.82, 2.24) is 15.1 Å². The van der Waals surface area contributed by atoms with Crippen LogP contribution in [-0.2, 0) is 6.54 Å². The van der Waals surface area contributed by atoms with E-state index in [9.17, 15) is 0 Å². The van der Waals surface area contributed by atoms with Crippen LogP contribution in [0.4, 0.5) is 0 Å². The summed E-state index contributed by atoms with van der Waals surface area (Å²) in [5.41, 5.74) is 0.978. The van der Waals surface area contributed by atoms with Crippen molar-refractivity contribution < 1.29 is 4.42 Å². The number of benzene rings is 1. The first-order chi connectivity index (χ1) is 10.3. The third-order valence-electron chi connectivity index (χ3n) is 4.20. The third-order valence-corrected chi connectivity index (χ3v) is 4.20. The maximum absolute atomic E-state index is 5.80. The highest BCUT2D eigenvalue weighted by atomic mass is 16.3. The van der Waals surface area contributed by atoms with Gasteiger partial charge in [0, 0.05) is 31.6 Å². The zero-order valence-corrected chi connectivity index (χ0v) is 12.8. The van der Waals surface area contributed by atoms with Crippen molar-refractivity contribution in [3.63, 3.8) is 0 Å². The summed E-state index contributed by atoms with van der Waals surface area (Å²) in [6, 6.07) is 10.3. The second-order valence-corrected chi connectivity index (χ2v) is 5.93. The molecule has 1 aliphatic heterocycles. The molecule has 0 bridgehead atoms. The molecular weight excluding hydrogens is 262 g/mol. The van der Waals surface area contributed by atoms with Gasteiger partial charge < -0.3 is 19.5 Å². The zero-order valence-electron chi connectivity index (χ0n) is 12.8. The fraction of sp³-hybridized carbons (Fsp3) is 0.529. The van der Waals surface area contributed by atoms with Crippen LogP contribution in [0.2, 0.25) is 0 Å². The summed E-state index contributed by atoms with van der Waals surface area (Å²) in [6.07, 6.45) is 1.20. The highest BCUT2D eigenvalue weighted by Gasteiger charge is 2.12. The van der Waals surface area contributed by atoms with Crippen molar-refractivity contribution in [3.8, 4) is 0 Å². The molecule has 21 heavy (non-hydrogen) atoms. The number of nitrogens with zero attached hydrogens (tertiary/aromatic N) is 2. The fourth-order valence-electron chi connectivity index (χ4n) is 2.83. The standard InChI is InChI=1S/C17H25N3O/c1-19-9-11-20(12-10-19)8-4-7-18-14-16-13-15-5-2-3-6-17(15)21-16/h2-3,5-6,13,18H,4,7-12,14H2,1H3. The van der Waals surface area contributed by atoms with Crippen LogP contribution in [0.25, 0.3) is 11.0 Å². The zero-order chi connectivity index (χ0) is 14.5. The molecule has 0 spiro atoms. The number of fused-ring (bicyclic) bond motifs is 1. The van der Waals surface area contributed by atoms with E-state index in [1.54, 1.807) is 0 Å². The summed E-state index contributed by atoms with van der Waals surface area (Å²) >= 11 is 0. The minimum Gasteiger partial charge on any atom is -0.460 e. The van der Waals surface area contributed by atoms with Gasteiger partial charge in [-0.3, -0.25) is 0 Å². The van der Waals surface area contributed by atoms with Crippen LogP contribution in [0.5, 0.6) is 0 Å². The molecule has 0 amide bonds. The normalized spacial score (nSPS) is 17.6. The van der Waals surface area contributed by atoms with Gasteiger partial charge in [-0.2, -0.15) is 0 Å². The van der Waals surface area contributed by atoms with Crippen molar-refractivity contribution in [2.45, 2.75) is 13.0 Å². The van der Waals surface area contributed by atoms with Crippen molar-refractivity contribution in [2.75, 3.05) is 46.3 Å². The van der Waals surface area contributed by atoms with Gasteiger partial charge in [0.25, 0.3) is 0 Å². The molecule has 1 fully saturated rings. The van der Waals surface area contributed by atoms with Crippen LogP contribution >= 0.6 is 0 Å². The molecule has 3 rings (SSSR count). The van der Waals surface area contributed by atoms with E-state index in [4.69, 9.17) is 4.42 Å². The fourth-order valence-corrected chi connectivity index (χ4v) is 2.83. The Hall–Kier alpha value is -1.36. The first-order valence-corrected chi connectivity index (χ1v) is 7.90. The highest BCUT2D eigenvalue weighted by molar-refractivity contribution is 5.77. The van der Waals surface area contributed by atoms with Crippen LogP contribution in [0, 0.1) is 0 Å². The van der Waals surface area contributed by atoms with Crippen LogP contribution in [0.1, 0.15) is 12.2 Å². The Morgan fingerprint density at radius 2 is 1.95 bits per heavy atom. The van der Waals surface area contributed by atoms with Gasteiger partial charge in [0.2, 0.25) is 0 Å². The van der Waals surface area contributed by atoms with E-state index >= 15 is 0 Å². The molecule has 4 heteroatoms. The minimum absolute atomic E-state index is 0.817. The first-order valence-electron chi connectivity index (χ1n) is 7.90. The number of hydrogen-bond acceptors (Lipinski definition) is 4. The highest BCUT2D eigenvalue weighted by Crippen LogP contribution is 2.18. The smallest absolute Gasteiger partial charge is 0.134 e. The summed E-state index contributed by atoms with van der Waals surface area (Å²) in [7, 11) is 2.20. The molecule has 0 saturated carbocycles. The number of likely N-dealkylation sites (N-methyl/N-ethyl adjacent to an activating group) is 1. The molecule has 0 unspecified atom stereocenters. The Balaban J connectivity index is 1.34. The largest absolute Gasteiger partial charge is 0.460 e. The summed E-state index contributed by atoms with van der Waals surface area (Å²) in [5.74, 6) is 1.02. The maximum Gasteiger partial charge on any atom is 0.134 e. The van der Waals surface area contributed by atoms with Gasteiger partial charge in [0.05, 0.1) is 6.54 Å². The molecule has 114 valence electrons. The van der Waals surface area contributed by atoms with Crippen molar-refractivity contribution in [3.05, 3.63) is 36.1 Å². The Kier molecular flexibility index (Phi) is 4.91. The topological polar surface area (TPSA) is 31.6 Å². The maximum atomic E-state index is 5.80. The van der Waals surface area contributed by atoms with Crippen molar-refractivity contribution >= 4 is 11.0 Å². The van der Waals surface area contributed by atoms with Crippen LogP contribution in [0.15, 0.2) is 34.7 Å². The van der Waals surface area contributed by atoms with Crippen LogP contribution in [0.3, 0.4) is 0 Å². The Morgan fingerprint density at radius 3 is 2.76 bits per heavy atom. The number of furan rings is 1. The molecule has 0 atom stereocenters. The lowest BCUT2D eigenvalue weighted by Crippen LogP contribution is -2.45. The Bertz CT molecular complexity index is 525. The van der Waals surface area contributed by atoms with Crippen molar-refractivity contribution in [1.29, 1.82) is 0 Å². The molecule has 1 aromatic carbocycles. The average molecular weight is 287 g/mol. The van der Waals surface area contributed by atoms with Gasteiger partial charge in [0.15, 0.2) is 0 Å². The lowest BCUT2D eigenvalue weighted by molar-refractivity contribution is 0.152. The van der Waals surface area contributed by atoms with E-state index in [0.717, 1.165) is 24.4 Å². The SMILES string of the molecule is CN1CCN(CCCNCc2cc3ccccc3o2)CC1. The summed E-state index contributed by atoms with van der Waals surface area (Å²) in [6.45, 7) is 7.88. The number of rotatable bonds is 6. The van der Waals surface area contributed by atoms with Crippen LogP contribution < -0.4 is 5.32 Å². The minimum atomic E-state index is 0.817. The van der Waals surface area contributed by atoms with Gasteiger partial charge in [-0.25, -0.2) is 0 Å². The molecule has 4 nitrogen and oxygen atoms in total. The predicted octanol–water partition coefficient (Wildman–Crippen LogP) is 2.16. The van der Waals surface area contributed by atoms with E-state index < -0.39 is 0 Å². The van der Waals surface area contributed by atoms with Gasteiger partial charge in [-0.15, -0.1) is 0 Å². The summed E-state index contributed by atoms with van der Waals surface area (Å²) < 4.78 is 5.80. The van der Waals surface area contributed by atoms with Gasteiger partial charge in [-0.05, 0) is 38.7 Å². The average Bonchev–Trinajstić information content (AvgIpc) is 2.91. The summed E-state index contributed by atoms with van der Waals surface area (Å²) in [4.78, 5) is 4.96. The number of nitrogens with one attached hydrogen (secondary N) is 1. The lowest BCUT2D eigenvalue weighted by Gasteiger charge is -2.32. The number of para-hydroxylation sites is 1. The van der Waals surface area contributed by atoms with Gasteiger partial charge in [0.1, 0.15) is 11.3 Å².